The summed E-state index contributed by atoms with van der Waals surface area (Å²) in [6, 6.07) is 19.9. The minimum Gasteiger partial charge on any atom is -0.371 e. The van der Waals surface area contributed by atoms with Crippen molar-refractivity contribution in [2.24, 2.45) is 0 Å². The summed E-state index contributed by atoms with van der Waals surface area (Å²) in [5, 5.41) is 0. The van der Waals surface area contributed by atoms with Crippen LogP contribution in [0.1, 0.15) is 17.5 Å². The second-order valence-corrected chi connectivity index (χ2v) is 5.86. The maximum absolute atomic E-state index is 11.3. The van der Waals surface area contributed by atoms with Gasteiger partial charge < -0.3 is 19.0 Å². The zero-order valence-electron chi connectivity index (χ0n) is 13.5. The lowest BCUT2D eigenvalue weighted by Gasteiger charge is -2.35. The number of carbonyl (C=O) groups is 1. The van der Waals surface area contributed by atoms with Crippen molar-refractivity contribution in [3.05, 3.63) is 71.8 Å². The SMILES string of the molecule is O=CC1OCCC(OCc2ccccc2)C1OCc1ccccc1. The van der Waals surface area contributed by atoms with E-state index >= 15 is 0 Å². The average molecular weight is 326 g/mol. The highest BCUT2D eigenvalue weighted by atomic mass is 16.6. The lowest BCUT2D eigenvalue weighted by molar-refractivity contribution is -0.182. The van der Waals surface area contributed by atoms with Crippen LogP contribution < -0.4 is 0 Å². The van der Waals surface area contributed by atoms with Gasteiger partial charge in [0, 0.05) is 0 Å². The van der Waals surface area contributed by atoms with Gasteiger partial charge in [0.25, 0.3) is 0 Å². The van der Waals surface area contributed by atoms with Gasteiger partial charge in [-0.05, 0) is 17.5 Å². The Morgan fingerprint density at radius 2 is 1.50 bits per heavy atom. The lowest BCUT2D eigenvalue weighted by Crippen LogP contribution is -2.48. The minimum atomic E-state index is -0.580. The van der Waals surface area contributed by atoms with Crippen molar-refractivity contribution >= 4 is 6.29 Å². The summed E-state index contributed by atoms with van der Waals surface area (Å²) in [6.45, 7) is 1.45. The second-order valence-electron chi connectivity index (χ2n) is 5.86. The first-order valence-corrected chi connectivity index (χ1v) is 8.25. The number of benzene rings is 2. The molecule has 1 aliphatic heterocycles. The smallest absolute Gasteiger partial charge is 0.151 e. The first kappa shape index (κ1) is 16.8. The molecule has 1 heterocycles. The second kappa shape index (κ2) is 8.73. The summed E-state index contributed by atoms with van der Waals surface area (Å²) in [6.07, 6.45) is 0.408. The van der Waals surface area contributed by atoms with E-state index in [1.165, 1.54) is 0 Å². The summed E-state index contributed by atoms with van der Waals surface area (Å²) in [5.74, 6) is 0. The minimum absolute atomic E-state index is 0.155. The largest absolute Gasteiger partial charge is 0.371 e. The van der Waals surface area contributed by atoms with Gasteiger partial charge in [0.2, 0.25) is 0 Å². The highest BCUT2D eigenvalue weighted by molar-refractivity contribution is 5.57. The van der Waals surface area contributed by atoms with Crippen LogP contribution in [0.5, 0.6) is 0 Å². The maximum atomic E-state index is 11.3. The Balaban J connectivity index is 1.62. The molecule has 0 aliphatic carbocycles. The fraction of sp³-hybridized carbons (Fsp3) is 0.350. The summed E-state index contributed by atoms with van der Waals surface area (Å²) >= 11 is 0. The molecule has 3 atom stereocenters. The zero-order valence-corrected chi connectivity index (χ0v) is 13.5. The molecule has 3 rings (SSSR count). The molecule has 0 bridgehead atoms. The van der Waals surface area contributed by atoms with E-state index in [9.17, 15) is 4.79 Å². The predicted octanol–water partition coefficient (Wildman–Crippen LogP) is 3.15. The molecule has 0 N–H and O–H groups in total. The molecule has 0 radical (unpaired) electrons. The van der Waals surface area contributed by atoms with Crippen LogP contribution in [0.15, 0.2) is 60.7 Å². The third kappa shape index (κ3) is 4.51. The van der Waals surface area contributed by atoms with Crippen molar-refractivity contribution in [1.82, 2.24) is 0 Å². The Morgan fingerprint density at radius 1 is 0.917 bits per heavy atom. The van der Waals surface area contributed by atoms with Gasteiger partial charge in [-0.25, -0.2) is 0 Å². The van der Waals surface area contributed by atoms with Crippen LogP contribution in [0.4, 0.5) is 0 Å². The van der Waals surface area contributed by atoms with Crippen molar-refractivity contribution < 1.29 is 19.0 Å². The van der Waals surface area contributed by atoms with Crippen LogP contribution in [0.2, 0.25) is 0 Å². The summed E-state index contributed by atoms with van der Waals surface area (Å²) in [4.78, 5) is 11.3. The number of ether oxygens (including phenoxy) is 3. The van der Waals surface area contributed by atoms with Gasteiger partial charge in [0.15, 0.2) is 6.29 Å². The molecule has 0 amide bonds. The van der Waals surface area contributed by atoms with E-state index in [4.69, 9.17) is 14.2 Å². The van der Waals surface area contributed by atoms with E-state index in [1.54, 1.807) is 0 Å². The topological polar surface area (TPSA) is 44.8 Å². The van der Waals surface area contributed by atoms with E-state index in [-0.39, 0.29) is 12.2 Å². The molecule has 1 saturated heterocycles. The van der Waals surface area contributed by atoms with Gasteiger partial charge in [-0.3, -0.25) is 0 Å². The quantitative estimate of drug-likeness (QED) is 0.733. The van der Waals surface area contributed by atoms with Gasteiger partial charge in [-0.15, -0.1) is 0 Å². The van der Waals surface area contributed by atoms with Crippen LogP contribution >= 0.6 is 0 Å². The first-order valence-electron chi connectivity index (χ1n) is 8.25. The van der Waals surface area contributed by atoms with E-state index in [0.29, 0.717) is 19.8 Å². The molecule has 3 unspecified atom stereocenters. The van der Waals surface area contributed by atoms with Crippen LogP contribution in [-0.4, -0.2) is 31.2 Å². The van der Waals surface area contributed by atoms with Crippen molar-refractivity contribution in [2.75, 3.05) is 6.61 Å². The normalized spacial score (nSPS) is 23.8. The van der Waals surface area contributed by atoms with Crippen molar-refractivity contribution in [3.63, 3.8) is 0 Å². The average Bonchev–Trinajstić information content (AvgIpc) is 2.66. The molecular formula is C20H22O4. The number of hydrogen-bond donors (Lipinski definition) is 0. The third-order valence-electron chi connectivity index (χ3n) is 4.13. The zero-order chi connectivity index (χ0) is 16.6. The molecule has 0 saturated carbocycles. The van der Waals surface area contributed by atoms with Crippen LogP contribution in [0.3, 0.4) is 0 Å². The lowest BCUT2D eigenvalue weighted by atomic mass is 10.0. The first-order chi connectivity index (χ1) is 11.9. The summed E-state index contributed by atoms with van der Waals surface area (Å²) in [5.41, 5.74) is 2.17. The molecule has 4 nitrogen and oxygen atoms in total. The standard InChI is InChI=1S/C20H22O4/c21-13-19-20(24-15-17-9-5-2-6-10-17)18(11-12-22-19)23-14-16-7-3-1-4-8-16/h1-10,13,18-20H,11-12,14-15H2. The third-order valence-corrected chi connectivity index (χ3v) is 4.13. The molecule has 0 aromatic heterocycles. The maximum Gasteiger partial charge on any atom is 0.151 e. The Bertz CT molecular complexity index is 614. The fourth-order valence-corrected chi connectivity index (χ4v) is 2.83. The summed E-state index contributed by atoms with van der Waals surface area (Å²) < 4.78 is 17.6. The monoisotopic (exact) mass is 326 g/mol. The fourth-order valence-electron chi connectivity index (χ4n) is 2.83. The van der Waals surface area contributed by atoms with Gasteiger partial charge in [0.05, 0.1) is 25.9 Å². The number of carbonyl (C=O) groups excluding carboxylic acids is 1. The van der Waals surface area contributed by atoms with E-state index in [2.05, 4.69) is 0 Å². The van der Waals surface area contributed by atoms with E-state index in [0.717, 1.165) is 23.8 Å². The van der Waals surface area contributed by atoms with Gasteiger partial charge >= 0.3 is 0 Å². The Kier molecular flexibility index (Phi) is 6.13. The molecule has 2 aromatic carbocycles. The van der Waals surface area contributed by atoms with Gasteiger partial charge in [0.1, 0.15) is 12.2 Å². The Labute approximate surface area is 142 Å². The van der Waals surface area contributed by atoms with E-state index in [1.807, 2.05) is 60.7 Å². The number of hydrogen-bond acceptors (Lipinski definition) is 4. The molecule has 4 heteroatoms. The summed E-state index contributed by atoms with van der Waals surface area (Å²) in [7, 11) is 0. The molecule has 126 valence electrons. The highest BCUT2D eigenvalue weighted by Crippen LogP contribution is 2.22. The molecule has 24 heavy (non-hydrogen) atoms. The Morgan fingerprint density at radius 3 is 2.08 bits per heavy atom. The number of aldehydes is 1. The van der Waals surface area contributed by atoms with Crippen molar-refractivity contribution in [1.29, 1.82) is 0 Å². The van der Waals surface area contributed by atoms with Gasteiger partial charge in [-0.2, -0.15) is 0 Å². The van der Waals surface area contributed by atoms with Crippen LogP contribution in [0, 0.1) is 0 Å². The van der Waals surface area contributed by atoms with Crippen molar-refractivity contribution in [2.45, 2.75) is 37.9 Å². The van der Waals surface area contributed by atoms with Crippen molar-refractivity contribution in [3.8, 4) is 0 Å². The van der Waals surface area contributed by atoms with Crippen LogP contribution in [0.25, 0.3) is 0 Å². The predicted molar refractivity (Wildman–Crippen MR) is 90.5 cm³/mol. The highest BCUT2D eigenvalue weighted by Gasteiger charge is 2.35. The molecule has 2 aromatic rings. The molecular weight excluding hydrogens is 304 g/mol. The Hall–Kier alpha value is -2.01. The molecule has 1 fully saturated rings. The van der Waals surface area contributed by atoms with Crippen LogP contribution in [-0.2, 0) is 32.2 Å². The molecule has 0 spiro atoms. The molecule has 1 aliphatic rings. The van der Waals surface area contributed by atoms with E-state index < -0.39 is 6.10 Å². The number of rotatable bonds is 7. The van der Waals surface area contributed by atoms with Gasteiger partial charge in [-0.1, -0.05) is 60.7 Å².